The maximum atomic E-state index is 12.9. The Bertz CT molecular complexity index is 851. The van der Waals surface area contributed by atoms with E-state index in [1.807, 2.05) is 41.8 Å². The van der Waals surface area contributed by atoms with Crippen molar-refractivity contribution in [3.8, 4) is 0 Å². The molecule has 2 atom stereocenters. The largest absolute Gasteiger partial charge is 0.348 e. The van der Waals surface area contributed by atoms with Crippen molar-refractivity contribution >= 4 is 29.2 Å². The topological polar surface area (TPSA) is 78.5 Å². The lowest BCUT2D eigenvalue weighted by molar-refractivity contribution is -0.135. The average molecular weight is 400 g/mol. The fraction of sp³-hybridized carbons (Fsp3) is 0.381. The van der Waals surface area contributed by atoms with Gasteiger partial charge in [-0.05, 0) is 36.3 Å². The summed E-state index contributed by atoms with van der Waals surface area (Å²) in [7, 11) is 0. The van der Waals surface area contributed by atoms with Gasteiger partial charge in [0.15, 0.2) is 5.54 Å². The second-order valence-corrected chi connectivity index (χ2v) is 8.53. The van der Waals surface area contributed by atoms with Crippen molar-refractivity contribution < 1.29 is 14.4 Å². The van der Waals surface area contributed by atoms with E-state index in [-0.39, 0.29) is 18.5 Å². The maximum Gasteiger partial charge on any atom is 0.325 e. The second kappa shape index (κ2) is 8.14. The molecule has 0 saturated carbocycles. The van der Waals surface area contributed by atoms with Gasteiger partial charge in [0.1, 0.15) is 6.54 Å². The van der Waals surface area contributed by atoms with E-state index in [1.165, 1.54) is 11.3 Å². The highest BCUT2D eigenvalue weighted by atomic mass is 32.1. The predicted molar refractivity (Wildman–Crippen MR) is 109 cm³/mol. The van der Waals surface area contributed by atoms with Crippen LogP contribution in [0.2, 0.25) is 0 Å². The molecule has 0 radical (unpaired) electrons. The lowest BCUT2D eigenvalue weighted by Gasteiger charge is -2.23. The number of amides is 4. The molecule has 1 aromatic heterocycles. The van der Waals surface area contributed by atoms with Gasteiger partial charge in [0.2, 0.25) is 5.91 Å². The number of carbonyl (C=O) groups is 3. The normalized spacial score (nSPS) is 20.4. The number of carbonyl (C=O) groups excluding carboxylic acids is 3. The van der Waals surface area contributed by atoms with E-state index in [2.05, 4.69) is 24.5 Å². The van der Waals surface area contributed by atoms with Crippen molar-refractivity contribution in [1.82, 2.24) is 15.5 Å². The predicted octanol–water partition coefficient (Wildman–Crippen LogP) is 3.42. The Morgan fingerprint density at radius 1 is 1.18 bits per heavy atom. The lowest BCUT2D eigenvalue weighted by Crippen LogP contribution is -2.43. The van der Waals surface area contributed by atoms with Crippen LogP contribution < -0.4 is 10.6 Å². The SMILES string of the molecule is CC(C)CC(NC(=O)CN1C(=O)NC(C)(c2cccs2)C1=O)c1ccccc1. The second-order valence-electron chi connectivity index (χ2n) is 7.58. The zero-order valence-electron chi connectivity index (χ0n) is 16.3. The average Bonchev–Trinajstić information content (AvgIpc) is 3.26. The third-order valence-electron chi connectivity index (χ3n) is 4.83. The molecule has 0 aliphatic carbocycles. The van der Waals surface area contributed by atoms with Crippen molar-refractivity contribution in [3.05, 3.63) is 58.3 Å². The summed E-state index contributed by atoms with van der Waals surface area (Å²) in [5.74, 6) is -0.381. The van der Waals surface area contributed by atoms with Crippen molar-refractivity contribution in [2.24, 2.45) is 5.92 Å². The Labute approximate surface area is 168 Å². The number of hydrogen-bond acceptors (Lipinski definition) is 4. The summed E-state index contributed by atoms with van der Waals surface area (Å²) >= 11 is 1.40. The van der Waals surface area contributed by atoms with Crippen LogP contribution in [0, 0.1) is 5.92 Å². The minimum Gasteiger partial charge on any atom is -0.348 e. The Kier molecular flexibility index (Phi) is 5.84. The molecule has 148 valence electrons. The van der Waals surface area contributed by atoms with Gasteiger partial charge >= 0.3 is 6.03 Å². The molecule has 28 heavy (non-hydrogen) atoms. The quantitative estimate of drug-likeness (QED) is 0.700. The van der Waals surface area contributed by atoms with E-state index in [9.17, 15) is 14.4 Å². The van der Waals surface area contributed by atoms with Gasteiger partial charge in [0.05, 0.1) is 6.04 Å². The van der Waals surface area contributed by atoms with Crippen LogP contribution in [0.1, 0.15) is 43.7 Å². The van der Waals surface area contributed by atoms with Crippen LogP contribution in [0.4, 0.5) is 4.79 Å². The number of hydrogen-bond donors (Lipinski definition) is 2. The Morgan fingerprint density at radius 2 is 1.89 bits per heavy atom. The molecule has 1 fully saturated rings. The van der Waals surface area contributed by atoms with Gasteiger partial charge in [0.25, 0.3) is 5.91 Å². The summed E-state index contributed by atoms with van der Waals surface area (Å²) in [4.78, 5) is 39.7. The smallest absolute Gasteiger partial charge is 0.325 e. The van der Waals surface area contributed by atoms with Gasteiger partial charge < -0.3 is 10.6 Å². The highest BCUT2D eigenvalue weighted by molar-refractivity contribution is 7.10. The molecular weight excluding hydrogens is 374 g/mol. The summed E-state index contributed by atoms with van der Waals surface area (Å²) in [6.45, 7) is 5.55. The summed E-state index contributed by atoms with van der Waals surface area (Å²) < 4.78 is 0. The maximum absolute atomic E-state index is 12.9. The number of nitrogens with one attached hydrogen (secondary N) is 2. The van der Waals surface area contributed by atoms with E-state index in [4.69, 9.17) is 0 Å². The third kappa shape index (κ3) is 4.09. The van der Waals surface area contributed by atoms with Crippen LogP contribution in [0.15, 0.2) is 47.8 Å². The molecule has 2 N–H and O–H groups in total. The molecule has 1 aromatic carbocycles. The minimum absolute atomic E-state index is 0.168. The highest BCUT2D eigenvalue weighted by Gasteiger charge is 2.50. The molecule has 2 heterocycles. The number of rotatable bonds is 7. The molecule has 1 aliphatic heterocycles. The zero-order valence-corrected chi connectivity index (χ0v) is 17.1. The molecule has 7 heteroatoms. The third-order valence-corrected chi connectivity index (χ3v) is 5.93. The van der Waals surface area contributed by atoms with E-state index in [1.54, 1.807) is 13.0 Å². The van der Waals surface area contributed by atoms with E-state index in [0.29, 0.717) is 5.92 Å². The van der Waals surface area contributed by atoms with Crippen molar-refractivity contribution in [3.63, 3.8) is 0 Å². The molecule has 1 aliphatic rings. The fourth-order valence-corrected chi connectivity index (χ4v) is 4.22. The molecular formula is C21H25N3O3S. The van der Waals surface area contributed by atoms with Gasteiger partial charge in [-0.1, -0.05) is 50.2 Å². The van der Waals surface area contributed by atoms with Crippen molar-refractivity contribution in [2.45, 2.75) is 38.8 Å². The highest BCUT2D eigenvalue weighted by Crippen LogP contribution is 2.31. The molecule has 0 spiro atoms. The summed E-state index contributed by atoms with van der Waals surface area (Å²) in [6, 6.07) is 12.6. The van der Waals surface area contributed by atoms with Crippen molar-refractivity contribution in [2.75, 3.05) is 6.54 Å². The Hall–Kier alpha value is -2.67. The fourth-order valence-electron chi connectivity index (χ4n) is 3.39. The lowest BCUT2D eigenvalue weighted by atomic mass is 9.97. The van der Waals surface area contributed by atoms with Gasteiger partial charge in [-0.25, -0.2) is 4.79 Å². The standard InChI is InChI=1S/C21H25N3O3S/c1-14(2)12-16(15-8-5-4-6-9-15)22-18(25)13-24-19(26)21(3,23-20(24)27)17-10-7-11-28-17/h4-11,14,16H,12-13H2,1-3H3,(H,22,25)(H,23,27). The number of urea groups is 1. The van der Waals surface area contributed by atoms with Gasteiger partial charge in [-0.3, -0.25) is 14.5 Å². The molecule has 3 rings (SSSR count). The van der Waals surface area contributed by atoms with E-state index >= 15 is 0 Å². The number of benzene rings is 1. The number of nitrogens with zero attached hydrogens (tertiary/aromatic N) is 1. The van der Waals surface area contributed by atoms with Crippen LogP contribution in [0.5, 0.6) is 0 Å². The Balaban J connectivity index is 1.71. The van der Waals surface area contributed by atoms with Crippen LogP contribution in [-0.2, 0) is 15.1 Å². The van der Waals surface area contributed by atoms with Crippen LogP contribution in [-0.4, -0.2) is 29.3 Å². The van der Waals surface area contributed by atoms with Crippen LogP contribution in [0.25, 0.3) is 0 Å². The van der Waals surface area contributed by atoms with Crippen LogP contribution in [0.3, 0.4) is 0 Å². The van der Waals surface area contributed by atoms with Crippen molar-refractivity contribution in [1.29, 1.82) is 0 Å². The minimum atomic E-state index is -1.12. The Morgan fingerprint density at radius 3 is 2.50 bits per heavy atom. The molecule has 2 aromatic rings. The molecule has 2 unspecified atom stereocenters. The number of imide groups is 1. The van der Waals surface area contributed by atoms with Gasteiger partial charge in [-0.15, -0.1) is 11.3 Å². The van der Waals surface area contributed by atoms with Crippen LogP contribution >= 0.6 is 11.3 Å². The first kappa shape index (κ1) is 20.1. The molecule has 0 bridgehead atoms. The molecule has 1 saturated heterocycles. The summed E-state index contributed by atoms with van der Waals surface area (Å²) in [5.41, 5.74) is -0.118. The zero-order chi connectivity index (χ0) is 20.3. The molecule has 6 nitrogen and oxygen atoms in total. The first-order valence-corrected chi connectivity index (χ1v) is 10.2. The van der Waals surface area contributed by atoms with Gasteiger partial charge in [0, 0.05) is 4.88 Å². The summed E-state index contributed by atoms with van der Waals surface area (Å²) in [5, 5.41) is 7.56. The first-order chi connectivity index (χ1) is 13.3. The number of thiophene rings is 1. The van der Waals surface area contributed by atoms with Gasteiger partial charge in [-0.2, -0.15) is 0 Å². The summed E-state index contributed by atoms with van der Waals surface area (Å²) in [6.07, 6.45) is 0.767. The monoisotopic (exact) mass is 399 g/mol. The van der Waals surface area contributed by atoms with E-state index in [0.717, 1.165) is 21.8 Å². The molecule has 4 amide bonds. The van der Waals surface area contributed by atoms with E-state index < -0.39 is 17.5 Å². The first-order valence-electron chi connectivity index (χ1n) is 9.33.